The fraction of sp³-hybridized carbons (Fsp3) is 0.200. The van der Waals surface area contributed by atoms with Crippen molar-refractivity contribution in [2.24, 2.45) is 0 Å². The second-order valence-electron chi connectivity index (χ2n) is 3.18. The Balaban J connectivity index is 2.72. The van der Waals surface area contributed by atoms with Crippen LogP contribution in [0, 0.1) is 11.6 Å². The molecule has 1 rings (SSSR count). The van der Waals surface area contributed by atoms with Crippen molar-refractivity contribution in [1.29, 1.82) is 0 Å². The largest absolute Gasteiger partial charge is 0.465 e. The molecule has 17 heavy (non-hydrogen) atoms. The Hall–Kier alpha value is -2.18. The fourth-order valence-corrected chi connectivity index (χ4v) is 1.16. The maximum absolute atomic E-state index is 12.8. The first-order chi connectivity index (χ1) is 7.88. The van der Waals surface area contributed by atoms with E-state index in [1.54, 1.807) is 0 Å². The number of ether oxygens (including phenoxy) is 1. The molecule has 0 saturated carbocycles. The van der Waals surface area contributed by atoms with E-state index in [0.29, 0.717) is 6.07 Å². The lowest BCUT2D eigenvalue weighted by Gasteiger charge is -2.13. The number of benzene rings is 1. The van der Waals surface area contributed by atoms with Gasteiger partial charge in [-0.2, -0.15) is 0 Å². The first kappa shape index (κ1) is 12.9. The van der Waals surface area contributed by atoms with E-state index < -0.39 is 29.9 Å². The third-order valence-corrected chi connectivity index (χ3v) is 1.85. The standard InChI is InChI=1S/C10H9F2NO4/c1-5(17-10(16)13-9(14)15)6-2-7(11)4-8(12)3-6/h2-5H,1H3,(H,13,16)(H,14,15). The van der Waals surface area contributed by atoms with Crippen LogP contribution in [-0.4, -0.2) is 17.3 Å². The van der Waals surface area contributed by atoms with E-state index in [1.807, 2.05) is 0 Å². The van der Waals surface area contributed by atoms with Gasteiger partial charge in [0, 0.05) is 6.07 Å². The highest BCUT2D eigenvalue weighted by Gasteiger charge is 2.15. The summed E-state index contributed by atoms with van der Waals surface area (Å²) in [6, 6.07) is 2.65. The highest BCUT2D eigenvalue weighted by Crippen LogP contribution is 2.19. The van der Waals surface area contributed by atoms with Crippen LogP contribution in [0.4, 0.5) is 18.4 Å². The third-order valence-electron chi connectivity index (χ3n) is 1.85. The fourth-order valence-electron chi connectivity index (χ4n) is 1.16. The molecule has 1 unspecified atom stereocenters. The van der Waals surface area contributed by atoms with Crippen molar-refractivity contribution >= 4 is 12.2 Å². The Labute approximate surface area is 95.0 Å². The monoisotopic (exact) mass is 245 g/mol. The van der Waals surface area contributed by atoms with Crippen LogP contribution in [0.1, 0.15) is 18.6 Å². The molecular formula is C10H9F2NO4. The van der Waals surface area contributed by atoms with Gasteiger partial charge in [0.05, 0.1) is 0 Å². The predicted molar refractivity (Wildman–Crippen MR) is 52.4 cm³/mol. The van der Waals surface area contributed by atoms with Crippen molar-refractivity contribution in [1.82, 2.24) is 5.32 Å². The van der Waals surface area contributed by atoms with Crippen LogP contribution in [0.5, 0.6) is 0 Å². The number of carboxylic acid groups (broad SMARTS) is 1. The molecule has 0 radical (unpaired) electrons. The van der Waals surface area contributed by atoms with E-state index in [-0.39, 0.29) is 5.56 Å². The number of rotatable bonds is 2. The van der Waals surface area contributed by atoms with Gasteiger partial charge in [-0.25, -0.2) is 23.7 Å². The number of halogens is 2. The molecule has 92 valence electrons. The van der Waals surface area contributed by atoms with E-state index in [0.717, 1.165) is 12.1 Å². The van der Waals surface area contributed by atoms with Gasteiger partial charge in [-0.05, 0) is 24.6 Å². The van der Waals surface area contributed by atoms with Gasteiger partial charge in [0.2, 0.25) is 0 Å². The second-order valence-corrected chi connectivity index (χ2v) is 3.18. The molecule has 0 fully saturated rings. The van der Waals surface area contributed by atoms with Gasteiger partial charge in [0.1, 0.15) is 17.7 Å². The zero-order valence-corrected chi connectivity index (χ0v) is 8.74. The molecule has 1 aromatic carbocycles. The van der Waals surface area contributed by atoms with Crippen LogP contribution in [0.3, 0.4) is 0 Å². The van der Waals surface area contributed by atoms with E-state index in [4.69, 9.17) is 5.11 Å². The lowest BCUT2D eigenvalue weighted by Crippen LogP contribution is -2.30. The Morgan fingerprint density at radius 3 is 2.29 bits per heavy atom. The molecule has 0 saturated heterocycles. The molecule has 7 heteroatoms. The summed E-state index contributed by atoms with van der Waals surface area (Å²) in [5.74, 6) is -1.62. The molecule has 0 aromatic heterocycles. The van der Waals surface area contributed by atoms with Crippen LogP contribution in [0.2, 0.25) is 0 Å². The summed E-state index contributed by atoms with van der Waals surface area (Å²) in [4.78, 5) is 21.0. The van der Waals surface area contributed by atoms with Crippen molar-refractivity contribution in [3.63, 3.8) is 0 Å². The van der Waals surface area contributed by atoms with E-state index in [9.17, 15) is 18.4 Å². The first-order valence-corrected chi connectivity index (χ1v) is 4.55. The van der Waals surface area contributed by atoms with Crippen LogP contribution >= 0.6 is 0 Å². The molecule has 0 spiro atoms. The molecular weight excluding hydrogens is 236 g/mol. The highest BCUT2D eigenvalue weighted by molar-refractivity contribution is 5.86. The summed E-state index contributed by atoms with van der Waals surface area (Å²) >= 11 is 0. The zero-order chi connectivity index (χ0) is 13.0. The van der Waals surface area contributed by atoms with Crippen LogP contribution < -0.4 is 5.32 Å². The second kappa shape index (κ2) is 5.24. The number of amides is 2. The quantitative estimate of drug-likeness (QED) is 0.838. The van der Waals surface area contributed by atoms with Crippen LogP contribution in [0.15, 0.2) is 18.2 Å². The minimum Gasteiger partial charge on any atom is -0.465 e. The summed E-state index contributed by atoms with van der Waals surface area (Å²) < 4.78 is 30.3. The molecule has 5 nitrogen and oxygen atoms in total. The van der Waals surface area contributed by atoms with Gasteiger partial charge in [-0.3, -0.25) is 0 Å². The zero-order valence-electron chi connectivity index (χ0n) is 8.74. The third kappa shape index (κ3) is 4.06. The molecule has 0 aliphatic rings. The molecule has 0 bridgehead atoms. The number of hydrogen-bond acceptors (Lipinski definition) is 3. The van der Waals surface area contributed by atoms with Crippen molar-refractivity contribution in [3.05, 3.63) is 35.4 Å². The van der Waals surface area contributed by atoms with Crippen LogP contribution in [0.25, 0.3) is 0 Å². The Bertz CT molecular complexity index is 430. The van der Waals surface area contributed by atoms with Gasteiger partial charge in [0.25, 0.3) is 0 Å². The Morgan fingerprint density at radius 1 is 1.29 bits per heavy atom. The summed E-state index contributed by atoms with van der Waals surface area (Å²) in [5, 5.41) is 9.66. The van der Waals surface area contributed by atoms with E-state index >= 15 is 0 Å². The Morgan fingerprint density at radius 2 is 1.82 bits per heavy atom. The van der Waals surface area contributed by atoms with Gasteiger partial charge >= 0.3 is 12.2 Å². The molecule has 2 N–H and O–H groups in total. The molecule has 0 heterocycles. The van der Waals surface area contributed by atoms with Crippen molar-refractivity contribution < 1.29 is 28.2 Å². The lowest BCUT2D eigenvalue weighted by atomic mass is 10.1. The van der Waals surface area contributed by atoms with Gasteiger partial charge < -0.3 is 9.84 Å². The van der Waals surface area contributed by atoms with Crippen molar-refractivity contribution in [2.75, 3.05) is 0 Å². The van der Waals surface area contributed by atoms with Gasteiger partial charge in [-0.1, -0.05) is 0 Å². The molecule has 1 atom stereocenters. The van der Waals surface area contributed by atoms with Crippen molar-refractivity contribution in [2.45, 2.75) is 13.0 Å². The number of nitrogens with one attached hydrogen (secondary N) is 1. The maximum Gasteiger partial charge on any atom is 0.417 e. The van der Waals surface area contributed by atoms with Crippen LogP contribution in [-0.2, 0) is 4.74 Å². The number of carbonyl (C=O) groups excluding carboxylic acids is 1. The molecule has 1 aromatic rings. The summed E-state index contributed by atoms with van der Waals surface area (Å²) in [7, 11) is 0. The van der Waals surface area contributed by atoms with Crippen molar-refractivity contribution in [3.8, 4) is 0 Å². The average Bonchev–Trinajstić information content (AvgIpc) is 2.14. The summed E-state index contributed by atoms with van der Waals surface area (Å²) in [6.45, 7) is 1.36. The Kier molecular flexibility index (Phi) is 3.97. The number of alkyl carbamates (subject to hydrolysis) is 1. The lowest BCUT2D eigenvalue weighted by molar-refractivity contribution is 0.105. The number of carbonyl (C=O) groups is 2. The maximum atomic E-state index is 12.8. The average molecular weight is 245 g/mol. The first-order valence-electron chi connectivity index (χ1n) is 4.55. The topological polar surface area (TPSA) is 75.6 Å². The predicted octanol–water partition coefficient (Wildman–Crippen LogP) is 2.43. The summed E-state index contributed by atoms with van der Waals surface area (Å²) in [6.07, 6.45) is -3.76. The molecule has 2 amide bonds. The summed E-state index contributed by atoms with van der Waals surface area (Å²) in [5.41, 5.74) is 0.0861. The smallest absolute Gasteiger partial charge is 0.417 e. The van der Waals surface area contributed by atoms with Gasteiger partial charge in [-0.15, -0.1) is 0 Å². The van der Waals surface area contributed by atoms with Gasteiger partial charge in [0.15, 0.2) is 0 Å². The molecule has 0 aliphatic heterocycles. The highest BCUT2D eigenvalue weighted by atomic mass is 19.1. The molecule has 0 aliphatic carbocycles. The normalized spacial score (nSPS) is 11.7. The van der Waals surface area contributed by atoms with E-state index in [1.165, 1.54) is 12.2 Å². The SMILES string of the molecule is CC(OC(=O)NC(=O)O)c1cc(F)cc(F)c1. The number of hydrogen-bond donors (Lipinski definition) is 2. The van der Waals surface area contributed by atoms with E-state index in [2.05, 4.69) is 4.74 Å². The minimum atomic E-state index is -1.58. The number of imide groups is 1. The minimum absolute atomic E-state index is 0.0861.